The summed E-state index contributed by atoms with van der Waals surface area (Å²) in [7, 11) is 0. The Kier molecular flexibility index (Phi) is 4.47. The smallest absolute Gasteiger partial charge is 0.261 e. The molecule has 1 saturated carbocycles. The molecule has 3 N–H and O–H groups in total. The van der Waals surface area contributed by atoms with Gasteiger partial charge in [-0.15, -0.1) is 0 Å². The van der Waals surface area contributed by atoms with E-state index in [2.05, 4.69) is 14.7 Å². The van der Waals surface area contributed by atoms with Gasteiger partial charge in [-0.2, -0.15) is 4.37 Å². The fourth-order valence-corrected chi connectivity index (χ4v) is 4.61. The van der Waals surface area contributed by atoms with Gasteiger partial charge in [0.05, 0.1) is 11.1 Å². The van der Waals surface area contributed by atoms with Gasteiger partial charge in [-0.3, -0.25) is 9.59 Å². The molecule has 1 aromatic carbocycles. The number of hydrogen-bond acceptors (Lipinski definition) is 5. The second-order valence-electron chi connectivity index (χ2n) is 7.17. The number of H-pyrrole nitrogens is 1. The zero-order chi connectivity index (χ0) is 19.1. The SMILES string of the molecule is Cc1cc(C2CCCC2)c(O)cc1NC(=O)c1c[nH]c2snc(C)c2c1=O.[HH].[HH].[HH]. The monoisotopic (exact) mass is 389 g/mol. The number of phenols is 1. The number of nitrogens with one attached hydrogen (secondary N) is 2. The Morgan fingerprint density at radius 2 is 2.07 bits per heavy atom. The molecule has 1 fully saturated rings. The number of aryl methyl sites for hydroxylation is 2. The summed E-state index contributed by atoms with van der Waals surface area (Å²) in [4.78, 5) is 29.0. The number of anilines is 1. The van der Waals surface area contributed by atoms with E-state index in [4.69, 9.17) is 0 Å². The zero-order valence-corrected chi connectivity index (χ0v) is 16.1. The van der Waals surface area contributed by atoms with Crippen LogP contribution in [0, 0.1) is 13.8 Å². The van der Waals surface area contributed by atoms with Crippen molar-refractivity contribution in [2.45, 2.75) is 45.4 Å². The van der Waals surface area contributed by atoms with Crippen LogP contribution in [-0.4, -0.2) is 20.4 Å². The predicted octanol–water partition coefficient (Wildman–Crippen LogP) is 4.95. The number of hydrogen-bond donors (Lipinski definition) is 3. The Morgan fingerprint density at radius 3 is 2.81 bits per heavy atom. The van der Waals surface area contributed by atoms with E-state index in [9.17, 15) is 14.7 Å². The Bertz CT molecular complexity index is 1110. The van der Waals surface area contributed by atoms with Gasteiger partial charge < -0.3 is 15.4 Å². The topological polar surface area (TPSA) is 95.1 Å². The number of amides is 1. The molecule has 0 radical (unpaired) electrons. The number of aromatic hydroxyl groups is 1. The van der Waals surface area contributed by atoms with Crippen molar-refractivity contribution in [3.63, 3.8) is 0 Å². The van der Waals surface area contributed by atoms with Gasteiger partial charge in [-0.25, -0.2) is 0 Å². The first kappa shape index (κ1) is 17.7. The van der Waals surface area contributed by atoms with Crippen LogP contribution < -0.4 is 10.7 Å². The third-order valence-electron chi connectivity index (χ3n) is 5.34. The standard InChI is InChI=1S/C20H21N3O3S.3H2/c1-10-7-13(12-5-3-4-6-12)16(24)8-15(10)22-19(26)14-9-21-20-17(18(14)25)11(2)23-27-20;;;/h7-9,12,24H,3-6H2,1-2H3,(H,21,25)(H,22,26);3*1H. The average molecular weight is 390 g/mol. The molecule has 1 aliphatic rings. The maximum absolute atomic E-state index is 12.7. The van der Waals surface area contributed by atoms with E-state index < -0.39 is 5.91 Å². The lowest BCUT2D eigenvalue weighted by atomic mass is 9.94. The van der Waals surface area contributed by atoms with E-state index >= 15 is 0 Å². The summed E-state index contributed by atoms with van der Waals surface area (Å²) < 4.78 is 4.16. The van der Waals surface area contributed by atoms with E-state index in [1.54, 1.807) is 13.0 Å². The summed E-state index contributed by atoms with van der Waals surface area (Å²) in [5.41, 5.74) is 2.64. The first-order valence-electron chi connectivity index (χ1n) is 9.08. The summed E-state index contributed by atoms with van der Waals surface area (Å²) in [5, 5.41) is 13.7. The van der Waals surface area contributed by atoms with Gasteiger partial charge in [-0.05, 0) is 55.3 Å². The summed E-state index contributed by atoms with van der Waals surface area (Å²) >= 11 is 1.20. The number of fused-ring (bicyclic) bond motifs is 1. The Morgan fingerprint density at radius 1 is 1.33 bits per heavy atom. The number of carbonyl (C=O) groups excluding carboxylic acids is 1. The minimum atomic E-state index is -0.500. The molecule has 4 rings (SSSR count). The van der Waals surface area contributed by atoms with Crippen molar-refractivity contribution in [2.24, 2.45) is 0 Å². The molecule has 7 heteroatoms. The second kappa shape index (κ2) is 6.81. The molecule has 3 aromatic rings. The summed E-state index contributed by atoms with van der Waals surface area (Å²) in [6.07, 6.45) is 5.96. The third kappa shape index (κ3) is 3.12. The molecule has 0 atom stereocenters. The Balaban J connectivity index is 0.00000150. The number of phenolic OH excluding ortho intramolecular Hbond substituents is 1. The Labute approximate surface area is 164 Å². The van der Waals surface area contributed by atoms with E-state index in [-0.39, 0.29) is 21.0 Å². The lowest BCUT2D eigenvalue weighted by Gasteiger charge is -2.16. The molecule has 27 heavy (non-hydrogen) atoms. The fourth-order valence-electron chi connectivity index (χ4n) is 3.85. The molecular weight excluding hydrogens is 362 g/mol. The van der Waals surface area contributed by atoms with Crippen molar-refractivity contribution in [3.8, 4) is 5.75 Å². The summed E-state index contributed by atoms with van der Waals surface area (Å²) in [5.74, 6) is 0.0812. The first-order valence-corrected chi connectivity index (χ1v) is 9.85. The van der Waals surface area contributed by atoms with E-state index in [1.807, 2.05) is 13.0 Å². The van der Waals surface area contributed by atoms with Crippen LogP contribution in [0.1, 0.15) is 63.1 Å². The van der Waals surface area contributed by atoms with Crippen LogP contribution in [0.15, 0.2) is 23.1 Å². The van der Waals surface area contributed by atoms with Crippen molar-refractivity contribution < 1.29 is 14.2 Å². The number of benzene rings is 1. The molecule has 146 valence electrons. The first-order chi connectivity index (χ1) is 13.0. The quantitative estimate of drug-likeness (QED) is 0.590. The molecule has 0 unspecified atom stereocenters. The highest BCUT2D eigenvalue weighted by atomic mass is 32.1. The highest BCUT2D eigenvalue weighted by molar-refractivity contribution is 7.12. The van der Waals surface area contributed by atoms with Crippen LogP contribution in [0.5, 0.6) is 5.75 Å². The van der Waals surface area contributed by atoms with E-state index in [0.717, 1.165) is 24.0 Å². The number of pyridine rings is 1. The average Bonchev–Trinajstić information content (AvgIpc) is 3.28. The van der Waals surface area contributed by atoms with Gasteiger partial charge in [0.2, 0.25) is 5.43 Å². The third-order valence-corrected chi connectivity index (χ3v) is 6.21. The Hall–Kier alpha value is -2.67. The summed E-state index contributed by atoms with van der Waals surface area (Å²) in [6, 6.07) is 3.53. The fraction of sp³-hybridized carbons (Fsp3) is 0.350. The van der Waals surface area contributed by atoms with Gasteiger partial charge in [0.1, 0.15) is 16.1 Å². The van der Waals surface area contributed by atoms with Crippen molar-refractivity contribution >= 4 is 33.3 Å². The molecule has 1 aliphatic carbocycles. The van der Waals surface area contributed by atoms with Crippen molar-refractivity contribution in [3.05, 3.63) is 50.9 Å². The molecular formula is C20H27N3O3S. The van der Waals surface area contributed by atoms with E-state index in [0.29, 0.717) is 27.5 Å². The zero-order valence-electron chi connectivity index (χ0n) is 15.3. The van der Waals surface area contributed by atoms with Crippen molar-refractivity contribution in [1.29, 1.82) is 0 Å². The van der Waals surface area contributed by atoms with E-state index in [1.165, 1.54) is 30.6 Å². The molecule has 0 saturated heterocycles. The van der Waals surface area contributed by atoms with Gasteiger partial charge in [0, 0.05) is 22.2 Å². The van der Waals surface area contributed by atoms with Crippen LogP contribution in [0.2, 0.25) is 0 Å². The van der Waals surface area contributed by atoms with Gasteiger partial charge in [-0.1, -0.05) is 18.9 Å². The molecule has 1 amide bonds. The lowest BCUT2D eigenvalue weighted by molar-refractivity contribution is 0.102. The summed E-state index contributed by atoms with van der Waals surface area (Å²) in [6.45, 7) is 3.65. The number of nitrogens with zero attached hydrogens (tertiary/aromatic N) is 1. The van der Waals surface area contributed by atoms with Crippen molar-refractivity contribution in [1.82, 2.24) is 9.36 Å². The largest absolute Gasteiger partial charge is 0.508 e. The van der Waals surface area contributed by atoms with Gasteiger partial charge in [0.25, 0.3) is 5.91 Å². The minimum absolute atomic E-state index is 0. The van der Waals surface area contributed by atoms with Crippen LogP contribution in [-0.2, 0) is 0 Å². The highest BCUT2D eigenvalue weighted by Gasteiger charge is 2.22. The van der Waals surface area contributed by atoms with Crippen LogP contribution in [0.3, 0.4) is 0 Å². The molecule has 2 aromatic heterocycles. The predicted molar refractivity (Wildman–Crippen MR) is 113 cm³/mol. The molecule has 0 aliphatic heterocycles. The normalized spacial score (nSPS) is 14.7. The maximum Gasteiger partial charge on any atom is 0.261 e. The minimum Gasteiger partial charge on any atom is -0.508 e. The highest BCUT2D eigenvalue weighted by Crippen LogP contribution is 2.40. The number of aromatic amines is 1. The number of aromatic nitrogens is 2. The second-order valence-corrected chi connectivity index (χ2v) is 7.94. The van der Waals surface area contributed by atoms with Crippen LogP contribution in [0.25, 0.3) is 10.2 Å². The number of rotatable bonds is 3. The lowest BCUT2D eigenvalue weighted by Crippen LogP contribution is -2.22. The van der Waals surface area contributed by atoms with Crippen LogP contribution in [0.4, 0.5) is 5.69 Å². The molecule has 2 heterocycles. The van der Waals surface area contributed by atoms with Gasteiger partial charge in [0.15, 0.2) is 0 Å². The van der Waals surface area contributed by atoms with Crippen LogP contribution >= 0.6 is 11.5 Å². The molecule has 0 spiro atoms. The molecule has 0 bridgehead atoms. The maximum atomic E-state index is 12.7. The van der Waals surface area contributed by atoms with Crippen molar-refractivity contribution in [2.75, 3.05) is 5.32 Å². The van der Waals surface area contributed by atoms with Gasteiger partial charge >= 0.3 is 0 Å². The number of carbonyl (C=O) groups is 1. The molecule has 6 nitrogen and oxygen atoms in total.